The van der Waals surface area contributed by atoms with Crippen molar-refractivity contribution in [1.82, 2.24) is 0 Å². The van der Waals surface area contributed by atoms with Gasteiger partial charge in [-0.25, -0.2) is 0 Å². The van der Waals surface area contributed by atoms with Gasteiger partial charge in [-0.15, -0.1) is 11.3 Å². The summed E-state index contributed by atoms with van der Waals surface area (Å²) in [6.45, 7) is 2.08. The molecule has 10 heavy (non-hydrogen) atoms. The lowest BCUT2D eigenvalue weighted by atomic mass is 10.3. The van der Waals surface area contributed by atoms with E-state index in [4.69, 9.17) is 0 Å². The molecule has 0 aliphatic carbocycles. The fourth-order valence-electron chi connectivity index (χ4n) is 0.688. The molecule has 0 atom stereocenters. The Labute approximate surface area is 72.2 Å². The summed E-state index contributed by atoms with van der Waals surface area (Å²) in [5.41, 5.74) is 0.766. The normalized spacial score (nSPS) is 9.80. The van der Waals surface area contributed by atoms with Crippen molar-refractivity contribution < 1.29 is 4.79 Å². The summed E-state index contributed by atoms with van der Waals surface area (Å²) in [6, 6.07) is 1.92. The number of carbonyl (C=O) groups excluding carboxylic acids is 1. The Bertz CT molecular complexity index is 242. The molecule has 0 saturated carbocycles. The zero-order valence-corrected chi connectivity index (χ0v) is 7.96. The molecule has 0 radical (unpaired) electrons. The van der Waals surface area contributed by atoms with Gasteiger partial charge < -0.3 is 0 Å². The monoisotopic (exact) mass is 218 g/mol. The van der Waals surface area contributed by atoms with Crippen LogP contribution in [0.4, 0.5) is 0 Å². The van der Waals surface area contributed by atoms with Crippen molar-refractivity contribution in [3.63, 3.8) is 0 Å². The summed E-state index contributed by atoms with van der Waals surface area (Å²) in [5.74, 6) is 0. The van der Waals surface area contributed by atoms with Gasteiger partial charge in [0.25, 0.3) is 0 Å². The second-order valence-electron chi connectivity index (χ2n) is 1.91. The molecule has 1 nitrogen and oxygen atoms in total. The van der Waals surface area contributed by atoms with Crippen LogP contribution in [-0.2, 0) is 6.42 Å². The highest BCUT2D eigenvalue weighted by molar-refractivity contribution is 9.11. The van der Waals surface area contributed by atoms with Crippen molar-refractivity contribution in [3.05, 3.63) is 20.3 Å². The van der Waals surface area contributed by atoms with Crippen molar-refractivity contribution in [2.24, 2.45) is 0 Å². The van der Waals surface area contributed by atoms with Crippen molar-refractivity contribution in [3.8, 4) is 0 Å². The molecule has 0 aliphatic rings. The SMILES string of the molecule is CCc1cc(C=O)c(Br)s1. The summed E-state index contributed by atoms with van der Waals surface area (Å²) in [7, 11) is 0. The molecule has 0 unspecified atom stereocenters. The van der Waals surface area contributed by atoms with Gasteiger partial charge in [-0.1, -0.05) is 6.92 Å². The topological polar surface area (TPSA) is 17.1 Å². The molecule has 0 fully saturated rings. The summed E-state index contributed by atoms with van der Waals surface area (Å²) < 4.78 is 0.944. The Morgan fingerprint density at radius 2 is 2.50 bits per heavy atom. The first-order valence-corrected chi connectivity index (χ1v) is 4.62. The standard InChI is InChI=1S/C7H7BrOS/c1-2-6-3-5(4-9)7(8)10-6/h3-4H,2H2,1H3. The molecule has 1 heterocycles. The molecule has 1 rings (SSSR count). The summed E-state index contributed by atoms with van der Waals surface area (Å²) >= 11 is 4.93. The Kier molecular flexibility index (Phi) is 2.63. The number of halogens is 1. The smallest absolute Gasteiger partial charge is 0.152 e. The van der Waals surface area contributed by atoms with E-state index in [1.165, 1.54) is 4.88 Å². The second-order valence-corrected chi connectivity index (χ2v) is 4.37. The number of thiophene rings is 1. The van der Waals surface area contributed by atoms with Crippen molar-refractivity contribution in [2.45, 2.75) is 13.3 Å². The molecule has 1 aromatic heterocycles. The fraction of sp³-hybridized carbons (Fsp3) is 0.286. The fourth-order valence-corrected chi connectivity index (χ4v) is 2.31. The summed E-state index contributed by atoms with van der Waals surface area (Å²) in [6.07, 6.45) is 1.87. The average Bonchev–Trinajstić information content (AvgIpc) is 2.30. The first kappa shape index (κ1) is 7.95. The van der Waals surface area contributed by atoms with E-state index < -0.39 is 0 Å². The highest BCUT2D eigenvalue weighted by atomic mass is 79.9. The molecule has 0 aromatic carbocycles. The van der Waals surface area contributed by atoms with Crippen LogP contribution in [-0.4, -0.2) is 6.29 Å². The lowest BCUT2D eigenvalue weighted by Gasteiger charge is -1.79. The Balaban J connectivity index is 3.03. The van der Waals surface area contributed by atoms with Gasteiger partial charge in [0, 0.05) is 10.4 Å². The van der Waals surface area contributed by atoms with Crippen LogP contribution < -0.4 is 0 Å². The molecule has 0 bridgehead atoms. The first-order chi connectivity index (χ1) is 4.77. The summed E-state index contributed by atoms with van der Waals surface area (Å²) in [5, 5.41) is 0. The maximum Gasteiger partial charge on any atom is 0.152 e. The molecule has 1 aromatic rings. The quantitative estimate of drug-likeness (QED) is 0.699. The first-order valence-electron chi connectivity index (χ1n) is 3.01. The van der Waals surface area contributed by atoms with Crippen LogP contribution in [0.3, 0.4) is 0 Å². The molecule has 0 N–H and O–H groups in total. The average molecular weight is 219 g/mol. The maximum atomic E-state index is 10.3. The van der Waals surface area contributed by atoms with E-state index in [0.717, 1.165) is 22.1 Å². The highest BCUT2D eigenvalue weighted by Gasteiger charge is 2.02. The zero-order valence-electron chi connectivity index (χ0n) is 5.56. The molecule has 0 spiro atoms. The Morgan fingerprint density at radius 1 is 1.80 bits per heavy atom. The summed E-state index contributed by atoms with van der Waals surface area (Å²) in [4.78, 5) is 11.6. The van der Waals surface area contributed by atoms with Crippen LogP contribution in [0.1, 0.15) is 22.2 Å². The third-order valence-corrected chi connectivity index (χ3v) is 3.27. The van der Waals surface area contributed by atoms with Crippen LogP contribution in [0.25, 0.3) is 0 Å². The van der Waals surface area contributed by atoms with Gasteiger partial charge in [-0.2, -0.15) is 0 Å². The number of aldehydes is 1. The van der Waals surface area contributed by atoms with Crippen LogP contribution in [0.5, 0.6) is 0 Å². The minimum Gasteiger partial charge on any atom is -0.298 e. The zero-order chi connectivity index (χ0) is 7.56. The molecular weight excluding hydrogens is 212 g/mol. The van der Waals surface area contributed by atoms with Crippen LogP contribution in [0, 0.1) is 0 Å². The predicted octanol–water partition coefficient (Wildman–Crippen LogP) is 2.89. The third-order valence-electron chi connectivity index (χ3n) is 1.24. The molecule has 0 amide bonds. The third kappa shape index (κ3) is 1.47. The maximum absolute atomic E-state index is 10.3. The lowest BCUT2D eigenvalue weighted by molar-refractivity contribution is 0.112. The lowest BCUT2D eigenvalue weighted by Crippen LogP contribution is -1.72. The van der Waals surface area contributed by atoms with E-state index in [1.54, 1.807) is 11.3 Å². The van der Waals surface area contributed by atoms with Crippen LogP contribution in [0.2, 0.25) is 0 Å². The number of carbonyl (C=O) groups is 1. The van der Waals surface area contributed by atoms with Gasteiger partial charge in [0.05, 0.1) is 3.79 Å². The van der Waals surface area contributed by atoms with Crippen molar-refractivity contribution in [1.29, 1.82) is 0 Å². The molecule has 0 aliphatic heterocycles. The molecule has 54 valence electrons. The largest absolute Gasteiger partial charge is 0.298 e. The minimum absolute atomic E-state index is 0.766. The molecule has 0 saturated heterocycles. The van der Waals surface area contributed by atoms with E-state index >= 15 is 0 Å². The minimum atomic E-state index is 0.766. The molecule has 3 heteroatoms. The van der Waals surface area contributed by atoms with Gasteiger partial charge in [0.1, 0.15) is 0 Å². The van der Waals surface area contributed by atoms with E-state index in [2.05, 4.69) is 22.9 Å². The van der Waals surface area contributed by atoms with Gasteiger partial charge in [-0.05, 0) is 28.4 Å². The van der Waals surface area contributed by atoms with Gasteiger partial charge >= 0.3 is 0 Å². The number of aryl methyl sites for hydroxylation is 1. The van der Waals surface area contributed by atoms with Crippen molar-refractivity contribution >= 4 is 33.6 Å². The number of hydrogen-bond donors (Lipinski definition) is 0. The van der Waals surface area contributed by atoms with E-state index in [1.807, 2.05) is 6.07 Å². The molecular formula is C7H7BrOS. The van der Waals surface area contributed by atoms with Gasteiger partial charge in [-0.3, -0.25) is 4.79 Å². The van der Waals surface area contributed by atoms with Gasteiger partial charge in [0.2, 0.25) is 0 Å². The van der Waals surface area contributed by atoms with Gasteiger partial charge in [0.15, 0.2) is 6.29 Å². The highest BCUT2D eigenvalue weighted by Crippen LogP contribution is 2.26. The number of hydrogen-bond acceptors (Lipinski definition) is 2. The predicted molar refractivity (Wildman–Crippen MR) is 46.8 cm³/mol. The van der Waals surface area contributed by atoms with Crippen LogP contribution >= 0.6 is 27.3 Å². The number of rotatable bonds is 2. The van der Waals surface area contributed by atoms with E-state index in [-0.39, 0.29) is 0 Å². The Hall–Kier alpha value is -0.150. The van der Waals surface area contributed by atoms with E-state index in [0.29, 0.717) is 0 Å². The van der Waals surface area contributed by atoms with Crippen LogP contribution in [0.15, 0.2) is 9.85 Å². The van der Waals surface area contributed by atoms with E-state index in [9.17, 15) is 4.79 Å². The van der Waals surface area contributed by atoms with Crippen molar-refractivity contribution in [2.75, 3.05) is 0 Å². The Morgan fingerprint density at radius 3 is 2.80 bits per heavy atom. The second kappa shape index (κ2) is 3.30.